The van der Waals surface area contributed by atoms with E-state index in [4.69, 9.17) is 20.9 Å². The predicted octanol–water partition coefficient (Wildman–Crippen LogP) is 4.51. The number of rotatable bonds is 6. The Morgan fingerprint density at radius 2 is 1.74 bits per heavy atom. The molecular weight excluding hydrogens is 456 g/mol. The maximum absolute atomic E-state index is 13.0. The zero-order chi connectivity index (χ0) is 23.7. The molecule has 0 fully saturated rings. The van der Waals surface area contributed by atoms with Crippen LogP contribution in [0.3, 0.4) is 0 Å². The molecule has 0 unspecified atom stereocenters. The van der Waals surface area contributed by atoms with Gasteiger partial charge in [0, 0.05) is 16.1 Å². The molecule has 0 bridgehead atoms. The van der Waals surface area contributed by atoms with E-state index in [1.165, 1.54) is 0 Å². The number of ether oxygens (including phenoxy) is 1. The van der Waals surface area contributed by atoms with Gasteiger partial charge >= 0.3 is 5.69 Å². The van der Waals surface area contributed by atoms with Crippen LogP contribution < -0.4 is 16.0 Å². The molecule has 8 nitrogen and oxygen atoms in total. The number of nitrogens with zero attached hydrogens (tertiary/aromatic N) is 3. The van der Waals surface area contributed by atoms with E-state index in [0.29, 0.717) is 33.9 Å². The molecule has 0 spiro atoms. The molecule has 0 radical (unpaired) electrons. The van der Waals surface area contributed by atoms with Crippen molar-refractivity contribution in [1.82, 2.24) is 19.7 Å². The van der Waals surface area contributed by atoms with Gasteiger partial charge in [-0.3, -0.25) is 9.36 Å². The van der Waals surface area contributed by atoms with Crippen LogP contribution in [0, 0.1) is 0 Å². The van der Waals surface area contributed by atoms with E-state index < -0.39 is 5.69 Å². The summed E-state index contributed by atoms with van der Waals surface area (Å²) in [4.78, 5) is 32.9. The van der Waals surface area contributed by atoms with Crippen LogP contribution in [0.5, 0.6) is 5.75 Å². The number of hydrogen-bond donors (Lipinski definition) is 1. The molecule has 34 heavy (non-hydrogen) atoms. The Labute approximate surface area is 198 Å². The second kappa shape index (κ2) is 8.99. The molecule has 5 rings (SSSR count). The smallest absolute Gasteiger partial charge is 0.329 e. The van der Waals surface area contributed by atoms with Crippen molar-refractivity contribution in [2.45, 2.75) is 13.5 Å². The number of H-pyrrole nitrogens is 1. The van der Waals surface area contributed by atoms with Crippen molar-refractivity contribution in [3.8, 4) is 28.6 Å². The van der Waals surface area contributed by atoms with E-state index in [2.05, 4.69) is 15.1 Å². The van der Waals surface area contributed by atoms with E-state index in [9.17, 15) is 9.59 Å². The Morgan fingerprint density at radius 1 is 1.00 bits per heavy atom. The molecule has 2 heterocycles. The Bertz CT molecular complexity index is 1590. The molecule has 9 heteroatoms. The fourth-order valence-electron chi connectivity index (χ4n) is 3.63. The first kappa shape index (κ1) is 21.7. The maximum atomic E-state index is 13.0. The van der Waals surface area contributed by atoms with E-state index >= 15 is 0 Å². The highest BCUT2D eigenvalue weighted by atomic mass is 35.5. The lowest BCUT2D eigenvalue weighted by molar-refractivity contribution is 0.340. The fourth-order valence-corrected chi connectivity index (χ4v) is 3.75. The monoisotopic (exact) mass is 474 g/mol. The molecule has 0 amide bonds. The normalized spacial score (nSPS) is 11.1. The largest absolute Gasteiger partial charge is 0.494 e. The Balaban J connectivity index is 1.46. The Morgan fingerprint density at radius 3 is 2.47 bits per heavy atom. The average molecular weight is 475 g/mol. The first-order chi connectivity index (χ1) is 16.5. The minimum absolute atomic E-state index is 0.137. The zero-order valence-corrected chi connectivity index (χ0v) is 18.9. The summed E-state index contributed by atoms with van der Waals surface area (Å²) in [6, 6.07) is 19.4. The van der Waals surface area contributed by atoms with Crippen molar-refractivity contribution in [3.63, 3.8) is 0 Å². The molecule has 0 aliphatic heterocycles. The summed E-state index contributed by atoms with van der Waals surface area (Å²) in [5.41, 5.74) is 1.65. The number of benzene rings is 3. The Kier molecular flexibility index (Phi) is 5.73. The van der Waals surface area contributed by atoms with E-state index in [-0.39, 0.29) is 18.0 Å². The predicted molar refractivity (Wildman–Crippen MR) is 129 cm³/mol. The zero-order valence-electron chi connectivity index (χ0n) is 18.1. The number of hydrogen-bond acceptors (Lipinski definition) is 6. The highest BCUT2D eigenvalue weighted by Gasteiger charge is 2.14. The van der Waals surface area contributed by atoms with Crippen molar-refractivity contribution >= 4 is 22.5 Å². The van der Waals surface area contributed by atoms with Crippen molar-refractivity contribution in [1.29, 1.82) is 0 Å². The molecule has 5 aromatic rings. The molecule has 0 aliphatic rings. The van der Waals surface area contributed by atoms with Crippen molar-refractivity contribution in [2.75, 3.05) is 6.61 Å². The van der Waals surface area contributed by atoms with Crippen molar-refractivity contribution < 1.29 is 9.26 Å². The van der Waals surface area contributed by atoms with Gasteiger partial charge in [0.05, 0.1) is 24.1 Å². The molecule has 0 atom stereocenters. The first-order valence-electron chi connectivity index (χ1n) is 10.6. The van der Waals surface area contributed by atoms with Crippen LogP contribution in [-0.2, 0) is 6.54 Å². The topological polar surface area (TPSA) is 103 Å². The number of halogens is 1. The maximum Gasteiger partial charge on any atom is 0.329 e. The summed E-state index contributed by atoms with van der Waals surface area (Å²) in [5.74, 6) is 1.46. The second-order valence-electron chi connectivity index (χ2n) is 7.59. The lowest BCUT2D eigenvalue weighted by atomic mass is 10.1. The third kappa shape index (κ3) is 4.23. The fraction of sp³-hybridized carbons (Fsp3) is 0.120. The molecule has 2 aromatic heterocycles. The average Bonchev–Trinajstić information content (AvgIpc) is 3.34. The molecule has 170 valence electrons. The summed E-state index contributed by atoms with van der Waals surface area (Å²) < 4.78 is 12.0. The van der Waals surface area contributed by atoms with Gasteiger partial charge in [0.15, 0.2) is 0 Å². The van der Waals surface area contributed by atoms with Gasteiger partial charge in [-0.15, -0.1) is 0 Å². The minimum atomic E-state index is -0.509. The van der Waals surface area contributed by atoms with E-state index in [1.807, 2.05) is 31.2 Å². The molecule has 0 saturated heterocycles. The van der Waals surface area contributed by atoms with Gasteiger partial charge in [0.1, 0.15) is 5.75 Å². The van der Waals surface area contributed by atoms with Gasteiger partial charge in [-0.1, -0.05) is 28.9 Å². The van der Waals surface area contributed by atoms with Crippen LogP contribution in [0.1, 0.15) is 12.5 Å². The molecule has 0 saturated carbocycles. The quantitative estimate of drug-likeness (QED) is 0.388. The minimum Gasteiger partial charge on any atom is -0.494 e. The van der Waals surface area contributed by atoms with Crippen LogP contribution in [-0.4, -0.2) is 26.3 Å². The van der Waals surface area contributed by atoms with Gasteiger partial charge in [0.2, 0.25) is 5.82 Å². The molecule has 3 aromatic carbocycles. The summed E-state index contributed by atoms with van der Waals surface area (Å²) in [6.07, 6.45) is 0. The van der Waals surface area contributed by atoms with Crippen molar-refractivity contribution in [2.24, 2.45) is 0 Å². The standard InChI is InChI=1S/C25H19ClN4O4/c1-2-33-19-10-5-16(6-11-19)22-28-23(34-29-22)17-7-12-20-21(13-17)27-25(32)30(24(20)31)14-15-3-8-18(26)9-4-15/h3-13H,2,14H2,1H3,(H,27,32). The lowest BCUT2D eigenvalue weighted by Crippen LogP contribution is -2.35. The van der Waals surface area contributed by atoms with Crippen LogP contribution in [0.2, 0.25) is 5.02 Å². The molecular formula is C25H19ClN4O4. The van der Waals surface area contributed by atoms with Crippen LogP contribution >= 0.6 is 11.6 Å². The number of aromatic nitrogens is 4. The van der Waals surface area contributed by atoms with Gasteiger partial charge in [-0.25, -0.2) is 4.79 Å². The lowest BCUT2D eigenvalue weighted by Gasteiger charge is -2.07. The number of aromatic amines is 1. The SMILES string of the molecule is CCOc1ccc(-c2noc(-c3ccc4c(=O)n(Cc5ccc(Cl)cc5)c(=O)[nH]c4c3)n2)cc1. The summed E-state index contributed by atoms with van der Waals surface area (Å²) in [7, 11) is 0. The third-order valence-electron chi connectivity index (χ3n) is 5.33. The summed E-state index contributed by atoms with van der Waals surface area (Å²) >= 11 is 5.92. The van der Waals surface area contributed by atoms with Gasteiger partial charge in [-0.2, -0.15) is 4.98 Å². The molecule has 0 aliphatic carbocycles. The number of nitrogens with one attached hydrogen (secondary N) is 1. The number of fused-ring (bicyclic) bond motifs is 1. The van der Waals surface area contributed by atoms with E-state index in [0.717, 1.165) is 21.4 Å². The highest BCUT2D eigenvalue weighted by molar-refractivity contribution is 6.30. The van der Waals surface area contributed by atoms with Crippen LogP contribution in [0.25, 0.3) is 33.7 Å². The summed E-state index contributed by atoms with van der Waals surface area (Å²) in [5, 5.41) is 5.01. The summed E-state index contributed by atoms with van der Waals surface area (Å²) in [6.45, 7) is 2.64. The highest BCUT2D eigenvalue weighted by Crippen LogP contribution is 2.25. The third-order valence-corrected chi connectivity index (χ3v) is 5.58. The second-order valence-corrected chi connectivity index (χ2v) is 8.03. The van der Waals surface area contributed by atoms with E-state index in [1.54, 1.807) is 42.5 Å². The van der Waals surface area contributed by atoms with Crippen molar-refractivity contribution in [3.05, 3.63) is 98.2 Å². The molecule has 1 N–H and O–H groups in total. The first-order valence-corrected chi connectivity index (χ1v) is 11.0. The van der Waals surface area contributed by atoms with Gasteiger partial charge < -0.3 is 14.2 Å². The van der Waals surface area contributed by atoms with Crippen LogP contribution in [0.4, 0.5) is 0 Å². The Hall–Kier alpha value is -4.17. The van der Waals surface area contributed by atoms with Gasteiger partial charge in [-0.05, 0) is 67.1 Å². The van der Waals surface area contributed by atoms with Gasteiger partial charge in [0.25, 0.3) is 11.4 Å². The van der Waals surface area contributed by atoms with Crippen LogP contribution in [0.15, 0.2) is 80.8 Å².